The summed E-state index contributed by atoms with van der Waals surface area (Å²) in [5, 5.41) is 3.39. The molecular formula is C13H19NO. The minimum atomic E-state index is 0.253. The third-order valence-corrected chi connectivity index (χ3v) is 2.88. The number of ether oxygens (including phenoxy) is 1. The van der Waals surface area contributed by atoms with Crippen LogP contribution in [0.2, 0.25) is 0 Å². The molecule has 0 radical (unpaired) electrons. The second-order valence-electron chi connectivity index (χ2n) is 4.42. The molecule has 15 heavy (non-hydrogen) atoms. The molecule has 1 N–H and O–H groups in total. The van der Waals surface area contributed by atoms with Gasteiger partial charge in [0, 0.05) is 6.54 Å². The molecule has 0 spiro atoms. The Morgan fingerprint density at radius 1 is 1.33 bits per heavy atom. The fraction of sp³-hybridized carbons (Fsp3) is 0.538. The molecule has 2 heteroatoms. The van der Waals surface area contributed by atoms with Crippen molar-refractivity contribution in [1.29, 1.82) is 0 Å². The van der Waals surface area contributed by atoms with Gasteiger partial charge in [-0.25, -0.2) is 0 Å². The minimum Gasteiger partial charge on any atom is -0.491 e. The van der Waals surface area contributed by atoms with Gasteiger partial charge in [0.2, 0.25) is 0 Å². The molecule has 0 aromatic heterocycles. The highest BCUT2D eigenvalue weighted by Gasteiger charge is 2.14. The highest BCUT2D eigenvalue weighted by atomic mass is 16.5. The predicted molar refractivity (Wildman–Crippen MR) is 62.4 cm³/mol. The van der Waals surface area contributed by atoms with E-state index < -0.39 is 0 Å². The predicted octanol–water partition coefficient (Wildman–Crippen LogP) is 2.43. The molecule has 0 aliphatic carbocycles. The van der Waals surface area contributed by atoms with E-state index in [1.54, 1.807) is 0 Å². The number of benzene rings is 1. The van der Waals surface area contributed by atoms with Crippen LogP contribution >= 0.6 is 0 Å². The summed E-state index contributed by atoms with van der Waals surface area (Å²) in [6, 6.07) is 4.29. The van der Waals surface area contributed by atoms with E-state index in [9.17, 15) is 0 Å². The molecule has 1 heterocycles. The SMILES string of the molecule is Cc1c(OC(C)C)ccc2c1CCNC2. The van der Waals surface area contributed by atoms with Crippen LogP contribution in [-0.2, 0) is 13.0 Å². The third kappa shape index (κ3) is 2.15. The Bertz CT molecular complexity index is 358. The summed E-state index contributed by atoms with van der Waals surface area (Å²) in [4.78, 5) is 0. The van der Waals surface area contributed by atoms with Crippen molar-refractivity contribution < 1.29 is 4.74 Å². The second-order valence-corrected chi connectivity index (χ2v) is 4.42. The molecule has 1 aliphatic heterocycles. The molecular weight excluding hydrogens is 186 g/mol. The van der Waals surface area contributed by atoms with Gasteiger partial charge in [-0.15, -0.1) is 0 Å². The lowest BCUT2D eigenvalue weighted by Gasteiger charge is -2.22. The summed E-state index contributed by atoms with van der Waals surface area (Å²) < 4.78 is 5.79. The lowest BCUT2D eigenvalue weighted by atomic mass is 9.95. The van der Waals surface area contributed by atoms with E-state index in [0.29, 0.717) is 0 Å². The number of rotatable bonds is 2. The van der Waals surface area contributed by atoms with Crippen LogP contribution in [0.3, 0.4) is 0 Å². The van der Waals surface area contributed by atoms with Crippen molar-refractivity contribution >= 4 is 0 Å². The van der Waals surface area contributed by atoms with Crippen molar-refractivity contribution in [3.63, 3.8) is 0 Å². The first kappa shape index (κ1) is 10.5. The Labute approximate surface area is 91.6 Å². The fourth-order valence-corrected chi connectivity index (χ4v) is 2.12. The molecule has 0 fully saturated rings. The smallest absolute Gasteiger partial charge is 0.122 e. The Hall–Kier alpha value is -1.02. The van der Waals surface area contributed by atoms with E-state index >= 15 is 0 Å². The molecule has 1 aromatic rings. The lowest BCUT2D eigenvalue weighted by Crippen LogP contribution is -2.24. The van der Waals surface area contributed by atoms with Crippen LogP contribution in [0.15, 0.2) is 12.1 Å². The van der Waals surface area contributed by atoms with Crippen LogP contribution in [0.25, 0.3) is 0 Å². The highest BCUT2D eigenvalue weighted by molar-refractivity contribution is 5.45. The zero-order valence-corrected chi connectivity index (χ0v) is 9.76. The minimum absolute atomic E-state index is 0.253. The highest BCUT2D eigenvalue weighted by Crippen LogP contribution is 2.27. The van der Waals surface area contributed by atoms with Crippen LogP contribution in [0.4, 0.5) is 0 Å². The van der Waals surface area contributed by atoms with Crippen LogP contribution in [0.1, 0.15) is 30.5 Å². The molecule has 0 saturated carbocycles. The van der Waals surface area contributed by atoms with Gasteiger partial charge < -0.3 is 10.1 Å². The Balaban J connectivity index is 2.34. The Kier molecular flexibility index (Phi) is 2.96. The Morgan fingerprint density at radius 3 is 2.87 bits per heavy atom. The molecule has 0 atom stereocenters. The average molecular weight is 205 g/mol. The van der Waals surface area contributed by atoms with Crippen molar-refractivity contribution in [2.45, 2.75) is 39.8 Å². The average Bonchev–Trinajstić information content (AvgIpc) is 2.22. The summed E-state index contributed by atoms with van der Waals surface area (Å²) in [5.41, 5.74) is 4.23. The number of nitrogens with one attached hydrogen (secondary N) is 1. The lowest BCUT2D eigenvalue weighted by molar-refractivity contribution is 0.240. The van der Waals surface area contributed by atoms with Crippen molar-refractivity contribution in [3.05, 3.63) is 28.8 Å². The van der Waals surface area contributed by atoms with Crippen molar-refractivity contribution in [2.75, 3.05) is 6.54 Å². The van der Waals surface area contributed by atoms with Gasteiger partial charge in [0.1, 0.15) is 5.75 Å². The topological polar surface area (TPSA) is 21.3 Å². The van der Waals surface area contributed by atoms with E-state index in [1.165, 1.54) is 16.7 Å². The summed E-state index contributed by atoms with van der Waals surface area (Å²) in [5.74, 6) is 1.05. The molecule has 1 aromatic carbocycles. The molecule has 0 amide bonds. The zero-order valence-electron chi connectivity index (χ0n) is 9.76. The first-order chi connectivity index (χ1) is 7.18. The maximum atomic E-state index is 5.79. The van der Waals surface area contributed by atoms with Gasteiger partial charge >= 0.3 is 0 Å². The maximum Gasteiger partial charge on any atom is 0.122 e. The van der Waals surface area contributed by atoms with Gasteiger partial charge in [-0.2, -0.15) is 0 Å². The molecule has 2 nitrogen and oxygen atoms in total. The van der Waals surface area contributed by atoms with Crippen LogP contribution in [0.5, 0.6) is 5.75 Å². The summed E-state index contributed by atoms with van der Waals surface area (Å²) >= 11 is 0. The normalized spacial score (nSPS) is 15.2. The molecule has 2 rings (SSSR count). The van der Waals surface area contributed by atoms with Crippen molar-refractivity contribution in [3.8, 4) is 5.75 Å². The standard InChI is InChI=1S/C13H19NO/c1-9(2)15-13-5-4-11-8-14-7-6-12(11)10(13)3/h4-5,9,14H,6-8H2,1-3H3. The molecule has 82 valence electrons. The van der Waals surface area contributed by atoms with Gasteiger partial charge in [-0.3, -0.25) is 0 Å². The summed E-state index contributed by atoms with van der Waals surface area (Å²) in [7, 11) is 0. The monoisotopic (exact) mass is 205 g/mol. The first-order valence-corrected chi connectivity index (χ1v) is 5.67. The van der Waals surface area contributed by atoms with Crippen molar-refractivity contribution in [2.24, 2.45) is 0 Å². The van der Waals surface area contributed by atoms with E-state index in [1.807, 2.05) is 0 Å². The van der Waals surface area contributed by atoms with Gasteiger partial charge in [0.15, 0.2) is 0 Å². The van der Waals surface area contributed by atoms with E-state index in [2.05, 4.69) is 38.2 Å². The van der Waals surface area contributed by atoms with Gasteiger partial charge in [-0.05, 0) is 56.5 Å². The maximum absolute atomic E-state index is 5.79. The van der Waals surface area contributed by atoms with Crippen LogP contribution in [0, 0.1) is 6.92 Å². The summed E-state index contributed by atoms with van der Waals surface area (Å²) in [6.45, 7) is 8.39. The third-order valence-electron chi connectivity index (χ3n) is 2.88. The molecule has 0 saturated heterocycles. The zero-order chi connectivity index (χ0) is 10.8. The molecule has 0 unspecified atom stereocenters. The first-order valence-electron chi connectivity index (χ1n) is 5.67. The quantitative estimate of drug-likeness (QED) is 0.800. The Morgan fingerprint density at radius 2 is 2.13 bits per heavy atom. The van der Waals surface area contributed by atoms with Crippen molar-refractivity contribution in [1.82, 2.24) is 5.32 Å². The van der Waals surface area contributed by atoms with E-state index in [0.717, 1.165) is 25.3 Å². The molecule has 0 bridgehead atoms. The van der Waals surface area contributed by atoms with Gasteiger partial charge in [0.25, 0.3) is 0 Å². The van der Waals surface area contributed by atoms with Crippen LogP contribution < -0.4 is 10.1 Å². The largest absolute Gasteiger partial charge is 0.491 e. The van der Waals surface area contributed by atoms with Crippen LogP contribution in [-0.4, -0.2) is 12.6 Å². The van der Waals surface area contributed by atoms with Gasteiger partial charge in [0.05, 0.1) is 6.10 Å². The number of fused-ring (bicyclic) bond motifs is 1. The van der Waals surface area contributed by atoms with Gasteiger partial charge in [-0.1, -0.05) is 6.07 Å². The summed E-state index contributed by atoms with van der Waals surface area (Å²) in [6.07, 6.45) is 1.37. The second kappa shape index (κ2) is 4.23. The number of hydrogen-bond acceptors (Lipinski definition) is 2. The molecule has 1 aliphatic rings. The number of hydrogen-bond donors (Lipinski definition) is 1. The van der Waals surface area contributed by atoms with E-state index in [-0.39, 0.29) is 6.10 Å². The fourth-order valence-electron chi connectivity index (χ4n) is 2.12. The van der Waals surface area contributed by atoms with E-state index in [4.69, 9.17) is 4.74 Å².